The van der Waals surface area contributed by atoms with Crippen LogP contribution in [0.2, 0.25) is 0 Å². The van der Waals surface area contributed by atoms with Gasteiger partial charge in [0.15, 0.2) is 0 Å². The molecule has 0 heterocycles. The summed E-state index contributed by atoms with van der Waals surface area (Å²) in [6.45, 7) is 4.33. The fraction of sp³-hybridized carbons (Fsp3) is 0.462. The van der Waals surface area contributed by atoms with Gasteiger partial charge in [0.25, 0.3) is 0 Å². The first-order valence-corrected chi connectivity index (χ1v) is 5.46. The Morgan fingerprint density at radius 3 is 2.80 bits per heavy atom. The van der Waals surface area contributed by atoms with Crippen molar-refractivity contribution in [2.75, 3.05) is 6.61 Å². The molecule has 0 unspecified atom stereocenters. The van der Waals surface area contributed by atoms with Gasteiger partial charge < -0.3 is 4.74 Å². The SMILES string of the molecule is CCOc1ccccc1[C@@H]1C[C@H]1C(C)=O. The fourth-order valence-electron chi connectivity index (χ4n) is 2.06. The number of rotatable bonds is 4. The maximum Gasteiger partial charge on any atom is 0.133 e. The molecule has 1 aromatic rings. The molecule has 1 aliphatic carbocycles. The summed E-state index contributed by atoms with van der Waals surface area (Å²) >= 11 is 0. The van der Waals surface area contributed by atoms with Gasteiger partial charge >= 0.3 is 0 Å². The zero-order valence-electron chi connectivity index (χ0n) is 9.19. The molecule has 0 N–H and O–H groups in total. The van der Waals surface area contributed by atoms with Crippen LogP contribution in [0.3, 0.4) is 0 Å². The van der Waals surface area contributed by atoms with E-state index in [9.17, 15) is 4.79 Å². The van der Waals surface area contributed by atoms with E-state index in [1.807, 2.05) is 25.1 Å². The molecule has 0 aromatic heterocycles. The molecule has 2 atom stereocenters. The van der Waals surface area contributed by atoms with E-state index in [2.05, 4.69) is 6.07 Å². The van der Waals surface area contributed by atoms with E-state index < -0.39 is 0 Å². The molecule has 2 rings (SSSR count). The van der Waals surface area contributed by atoms with Crippen molar-refractivity contribution < 1.29 is 9.53 Å². The first-order chi connectivity index (χ1) is 7.24. The van der Waals surface area contributed by atoms with Crippen molar-refractivity contribution in [2.24, 2.45) is 5.92 Å². The van der Waals surface area contributed by atoms with Crippen LogP contribution in [0.5, 0.6) is 5.75 Å². The number of benzene rings is 1. The van der Waals surface area contributed by atoms with Crippen LogP contribution in [0.4, 0.5) is 0 Å². The highest BCUT2D eigenvalue weighted by atomic mass is 16.5. The van der Waals surface area contributed by atoms with Gasteiger partial charge in [0.05, 0.1) is 6.61 Å². The van der Waals surface area contributed by atoms with Crippen molar-refractivity contribution in [3.05, 3.63) is 29.8 Å². The number of hydrogen-bond acceptors (Lipinski definition) is 2. The van der Waals surface area contributed by atoms with E-state index >= 15 is 0 Å². The van der Waals surface area contributed by atoms with Crippen LogP contribution in [-0.4, -0.2) is 12.4 Å². The lowest BCUT2D eigenvalue weighted by Crippen LogP contribution is -1.98. The van der Waals surface area contributed by atoms with Crippen LogP contribution in [0, 0.1) is 5.92 Å². The summed E-state index contributed by atoms with van der Waals surface area (Å²) < 4.78 is 5.56. The molecule has 0 aliphatic heterocycles. The van der Waals surface area contributed by atoms with E-state index in [0.717, 1.165) is 12.2 Å². The molecule has 1 saturated carbocycles. The molecular weight excluding hydrogens is 188 g/mol. The molecule has 0 radical (unpaired) electrons. The second kappa shape index (κ2) is 4.05. The average molecular weight is 204 g/mol. The van der Waals surface area contributed by atoms with Gasteiger partial charge in [-0.3, -0.25) is 4.79 Å². The highest BCUT2D eigenvalue weighted by molar-refractivity contribution is 5.82. The molecular formula is C13H16O2. The molecule has 0 bridgehead atoms. The van der Waals surface area contributed by atoms with E-state index in [-0.39, 0.29) is 5.92 Å². The van der Waals surface area contributed by atoms with Gasteiger partial charge in [-0.15, -0.1) is 0 Å². The van der Waals surface area contributed by atoms with Crippen molar-refractivity contribution in [3.63, 3.8) is 0 Å². The van der Waals surface area contributed by atoms with Crippen LogP contribution >= 0.6 is 0 Å². The van der Waals surface area contributed by atoms with E-state index in [0.29, 0.717) is 18.3 Å². The third-order valence-corrected chi connectivity index (χ3v) is 2.93. The molecule has 0 amide bonds. The Labute approximate surface area is 90.3 Å². The van der Waals surface area contributed by atoms with Crippen molar-refractivity contribution in [2.45, 2.75) is 26.2 Å². The van der Waals surface area contributed by atoms with Gasteiger partial charge in [-0.1, -0.05) is 18.2 Å². The smallest absolute Gasteiger partial charge is 0.133 e. The molecule has 1 fully saturated rings. The number of carbonyl (C=O) groups is 1. The number of para-hydroxylation sites is 1. The predicted molar refractivity (Wildman–Crippen MR) is 59.1 cm³/mol. The number of ketones is 1. The standard InChI is InChI=1S/C13H16O2/c1-3-15-13-7-5-4-6-10(13)12-8-11(12)9(2)14/h4-7,11-12H,3,8H2,1-2H3/t11-,12-/m0/s1. The molecule has 0 saturated heterocycles. The monoisotopic (exact) mass is 204 g/mol. The average Bonchev–Trinajstić information content (AvgIpc) is 2.99. The minimum Gasteiger partial charge on any atom is -0.494 e. The topological polar surface area (TPSA) is 26.3 Å². The Morgan fingerprint density at radius 2 is 2.20 bits per heavy atom. The van der Waals surface area contributed by atoms with Crippen LogP contribution in [0.25, 0.3) is 0 Å². The number of ether oxygens (including phenoxy) is 1. The van der Waals surface area contributed by atoms with Crippen LogP contribution in [0.15, 0.2) is 24.3 Å². The van der Waals surface area contributed by atoms with Crippen molar-refractivity contribution in [1.82, 2.24) is 0 Å². The second-order valence-electron chi connectivity index (χ2n) is 4.03. The largest absolute Gasteiger partial charge is 0.494 e. The maximum atomic E-state index is 11.2. The van der Waals surface area contributed by atoms with Gasteiger partial charge in [-0.2, -0.15) is 0 Å². The Bertz CT molecular complexity index is 371. The zero-order valence-corrected chi connectivity index (χ0v) is 9.19. The number of Topliss-reactive ketones (excluding diaryl/α,β-unsaturated/α-hetero) is 1. The van der Waals surface area contributed by atoms with Crippen molar-refractivity contribution in [1.29, 1.82) is 0 Å². The van der Waals surface area contributed by atoms with E-state index in [1.165, 1.54) is 5.56 Å². The molecule has 1 aliphatic rings. The Kier molecular flexibility index (Phi) is 2.76. The zero-order chi connectivity index (χ0) is 10.8. The quantitative estimate of drug-likeness (QED) is 0.753. The number of hydrogen-bond donors (Lipinski definition) is 0. The molecule has 2 heteroatoms. The minimum absolute atomic E-state index is 0.228. The maximum absolute atomic E-state index is 11.2. The second-order valence-corrected chi connectivity index (χ2v) is 4.03. The first kappa shape index (κ1) is 10.2. The predicted octanol–water partition coefficient (Wildman–Crippen LogP) is 2.78. The molecule has 1 aromatic carbocycles. The van der Waals surface area contributed by atoms with Gasteiger partial charge in [0.2, 0.25) is 0 Å². The summed E-state index contributed by atoms with van der Waals surface area (Å²) in [5, 5.41) is 0. The van der Waals surface area contributed by atoms with Gasteiger partial charge in [-0.25, -0.2) is 0 Å². The van der Waals surface area contributed by atoms with E-state index in [1.54, 1.807) is 6.92 Å². The van der Waals surface area contributed by atoms with Gasteiger partial charge in [0, 0.05) is 5.92 Å². The lowest BCUT2D eigenvalue weighted by molar-refractivity contribution is -0.118. The summed E-state index contributed by atoms with van der Waals surface area (Å²) in [6.07, 6.45) is 0.986. The van der Waals surface area contributed by atoms with Crippen molar-refractivity contribution >= 4 is 5.78 Å². The highest BCUT2D eigenvalue weighted by Crippen LogP contribution is 2.50. The van der Waals surface area contributed by atoms with Gasteiger partial charge in [0.1, 0.15) is 11.5 Å². The first-order valence-electron chi connectivity index (χ1n) is 5.46. The Balaban J connectivity index is 2.18. The number of carbonyl (C=O) groups excluding carboxylic acids is 1. The normalized spacial score (nSPS) is 23.6. The third kappa shape index (κ3) is 2.04. The van der Waals surface area contributed by atoms with Crippen LogP contribution in [0.1, 0.15) is 31.7 Å². The van der Waals surface area contributed by atoms with Gasteiger partial charge in [-0.05, 0) is 37.8 Å². The molecule has 15 heavy (non-hydrogen) atoms. The summed E-state index contributed by atoms with van der Waals surface area (Å²) in [5.74, 6) is 1.86. The van der Waals surface area contributed by atoms with Crippen molar-refractivity contribution in [3.8, 4) is 5.75 Å². The minimum atomic E-state index is 0.228. The van der Waals surface area contributed by atoms with E-state index in [4.69, 9.17) is 4.74 Å². The lowest BCUT2D eigenvalue weighted by Gasteiger charge is -2.08. The lowest BCUT2D eigenvalue weighted by atomic mass is 10.1. The summed E-state index contributed by atoms with van der Waals surface area (Å²) in [4.78, 5) is 11.2. The fourth-order valence-corrected chi connectivity index (χ4v) is 2.06. The third-order valence-electron chi connectivity index (χ3n) is 2.93. The highest BCUT2D eigenvalue weighted by Gasteiger charge is 2.43. The summed E-state index contributed by atoms with van der Waals surface area (Å²) in [6, 6.07) is 8.03. The molecule has 2 nitrogen and oxygen atoms in total. The van der Waals surface area contributed by atoms with Crippen LogP contribution < -0.4 is 4.74 Å². The Hall–Kier alpha value is -1.31. The Morgan fingerprint density at radius 1 is 1.47 bits per heavy atom. The molecule has 80 valence electrons. The summed E-state index contributed by atoms with van der Waals surface area (Å²) in [5.41, 5.74) is 1.19. The summed E-state index contributed by atoms with van der Waals surface area (Å²) in [7, 11) is 0. The molecule has 0 spiro atoms. The van der Waals surface area contributed by atoms with Crippen LogP contribution in [-0.2, 0) is 4.79 Å².